The minimum atomic E-state index is -0.324. The molecule has 140 valence electrons. The van der Waals surface area contributed by atoms with Crippen LogP contribution in [0, 0.1) is 6.92 Å². The number of fused-ring (bicyclic) bond motifs is 1. The lowest BCUT2D eigenvalue weighted by atomic mass is 10.1. The highest BCUT2D eigenvalue weighted by Gasteiger charge is 2.18. The van der Waals surface area contributed by atoms with Crippen LogP contribution in [0.5, 0.6) is 0 Å². The monoisotopic (exact) mass is 391 g/mol. The molecule has 2 N–H and O–H groups in total. The number of thiazole rings is 1. The SMILES string of the molecule is CC(=O)Nc1ccc(-c2csc(NC(=O)c3oc4ccccc4c3C)n2)cc1. The fourth-order valence-electron chi connectivity index (χ4n) is 2.94. The average molecular weight is 391 g/mol. The Kier molecular flexibility index (Phi) is 4.67. The van der Waals surface area contributed by atoms with Crippen LogP contribution in [0.1, 0.15) is 23.0 Å². The molecular formula is C21H17N3O3S. The Morgan fingerprint density at radius 3 is 2.50 bits per heavy atom. The number of aryl methyl sites for hydroxylation is 1. The molecule has 6 nitrogen and oxygen atoms in total. The van der Waals surface area contributed by atoms with Gasteiger partial charge in [0.1, 0.15) is 5.58 Å². The summed E-state index contributed by atoms with van der Waals surface area (Å²) in [7, 11) is 0. The molecule has 7 heteroatoms. The quantitative estimate of drug-likeness (QED) is 0.508. The van der Waals surface area contributed by atoms with Gasteiger partial charge in [0.05, 0.1) is 5.69 Å². The van der Waals surface area contributed by atoms with E-state index in [2.05, 4.69) is 15.6 Å². The van der Waals surface area contributed by atoms with Crippen molar-refractivity contribution in [2.75, 3.05) is 10.6 Å². The minimum absolute atomic E-state index is 0.118. The van der Waals surface area contributed by atoms with E-state index in [4.69, 9.17) is 4.42 Å². The average Bonchev–Trinajstić information content (AvgIpc) is 3.27. The number of rotatable bonds is 4. The van der Waals surface area contributed by atoms with E-state index in [1.165, 1.54) is 18.3 Å². The minimum Gasteiger partial charge on any atom is -0.451 e. The second-order valence-corrected chi connectivity index (χ2v) is 7.16. The summed E-state index contributed by atoms with van der Waals surface area (Å²) in [5.41, 5.74) is 3.85. The largest absolute Gasteiger partial charge is 0.451 e. The van der Waals surface area contributed by atoms with Crippen molar-refractivity contribution in [1.29, 1.82) is 0 Å². The van der Waals surface area contributed by atoms with Crippen LogP contribution >= 0.6 is 11.3 Å². The summed E-state index contributed by atoms with van der Waals surface area (Å²) < 4.78 is 5.70. The summed E-state index contributed by atoms with van der Waals surface area (Å²) in [4.78, 5) is 28.2. The number of amides is 2. The van der Waals surface area contributed by atoms with Crippen LogP contribution in [-0.4, -0.2) is 16.8 Å². The molecule has 0 bridgehead atoms. The molecule has 2 aromatic carbocycles. The van der Waals surface area contributed by atoms with Gasteiger partial charge in [-0.1, -0.05) is 30.3 Å². The van der Waals surface area contributed by atoms with Crippen molar-refractivity contribution in [1.82, 2.24) is 4.98 Å². The molecule has 2 heterocycles. The number of nitrogens with zero attached hydrogens (tertiary/aromatic N) is 1. The molecule has 0 aliphatic rings. The van der Waals surface area contributed by atoms with E-state index < -0.39 is 0 Å². The van der Waals surface area contributed by atoms with Gasteiger partial charge in [-0.05, 0) is 25.1 Å². The van der Waals surface area contributed by atoms with Gasteiger partial charge in [-0.2, -0.15) is 0 Å². The van der Waals surface area contributed by atoms with Crippen LogP contribution in [0.4, 0.5) is 10.8 Å². The summed E-state index contributed by atoms with van der Waals surface area (Å²) in [5.74, 6) is -0.152. The van der Waals surface area contributed by atoms with E-state index >= 15 is 0 Å². The standard InChI is InChI=1S/C21H17N3O3S/c1-12-16-5-3-4-6-18(16)27-19(12)20(26)24-21-23-17(11-28-21)14-7-9-15(10-8-14)22-13(2)25/h3-11H,1-2H3,(H,22,25)(H,23,24,26). The molecule has 0 spiro atoms. The third kappa shape index (κ3) is 3.52. The molecule has 0 aliphatic heterocycles. The Labute approximate surface area is 165 Å². The van der Waals surface area contributed by atoms with Gasteiger partial charge >= 0.3 is 0 Å². The number of carbonyl (C=O) groups excluding carboxylic acids is 2. The van der Waals surface area contributed by atoms with Crippen molar-refractivity contribution >= 4 is 44.9 Å². The molecular weight excluding hydrogens is 374 g/mol. The lowest BCUT2D eigenvalue weighted by Crippen LogP contribution is -2.11. The zero-order chi connectivity index (χ0) is 19.7. The summed E-state index contributed by atoms with van der Waals surface area (Å²) >= 11 is 1.34. The summed E-state index contributed by atoms with van der Waals surface area (Å²) in [6, 6.07) is 14.9. The summed E-state index contributed by atoms with van der Waals surface area (Å²) in [5, 5.41) is 8.81. The van der Waals surface area contributed by atoms with Crippen LogP contribution in [-0.2, 0) is 4.79 Å². The molecule has 0 fully saturated rings. The third-order valence-electron chi connectivity index (χ3n) is 4.28. The first-order valence-corrected chi connectivity index (χ1v) is 9.52. The molecule has 0 saturated carbocycles. The van der Waals surface area contributed by atoms with Crippen molar-refractivity contribution in [3.63, 3.8) is 0 Å². The van der Waals surface area contributed by atoms with Gasteiger partial charge in [0, 0.05) is 34.5 Å². The number of hydrogen-bond acceptors (Lipinski definition) is 5. The van der Waals surface area contributed by atoms with Crippen molar-refractivity contribution in [3.8, 4) is 11.3 Å². The molecule has 2 aromatic heterocycles. The predicted octanol–water partition coefficient (Wildman–Crippen LogP) is 5.08. The molecule has 0 saturated heterocycles. The van der Waals surface area contributed by atoms with E-state index in [0.29, 0.717) is 10.7 Å². The maximum absolute atomic E-state index is 12.6. The zero-order valence-corrected chi connectivity index (χ0v) is 16.1. The zero-order valence-electron chi connectivity index (χ0n) is 15.3. The van der Waals surface area contributed by atoms with E-state index in [9.17, 15) is 9.59 Å². The molecule has 0 atom stereocenters. The molecule has 0 unspecified atom stereocenters. The lowest BCUT2D eigenvalue weighted by molar-refractivity contribution is -0.114. The van der Waals surface area contributed by atoms with Gasteiger partial charge in [-0.25, -0.2) is 4.98 Å². The number of anilines is 2. The van der Waals surface area contributed by atoms with Gasteiger partial charge in [0.2, 0.25) is 5.91 Å². The number of aromatic nitrogens is 1. The van der Waals surface area contributed by atoms with Crippen LogP contribution in [0.3, 0.4) is 0 Å². The first kappa shape index (κ1) is 17.9. The Bertz CT molecular complexity index is 1180. The molecule has 4 aromatic rings. The Morgan fingerprint density at radius 1 is 1.04 bits per heavy atom. The number of benzene rings is 2. The lowest BCUT2D eigenvalue weighted by Gasteiger charge is -2.03. The fourth-order valence-corrected chi connectivity index (χ4v) is 3.65. The number of para-hydroxylation sites is 1. The van der Waals surface area contributed by atoms with E-state index in [1.54, 1.807) is 0 Å². The van der Waals surface area contributed by atoms with Crippen LogP contribution < -0.4 is 10.6 Å². The Balaban J connectivity index is 1.52. The van der Waals surface area contributed by atoms with E-state index in [-0.39, 0.29) is 17.6 Å². The second-order valence-electron chi connectivity index (χ2n) is 6.30. The van der Waals surface area contributed by atoms with Crippen LogP contribution in [0.25, 0.3) is 22.2 Å². The van der Waals surface area contributed by atoms with Crippen molar-refractivity contribution in [2.45, 2.75) is 13.8 Å². The van der Waals surface area contributed by atoms with Crippen molar-refractivity contribution < 1.29 is 14.0 Å². The van der Waals surface area contributed by atoms with Gasteiger partial charge in [-0.3, -0.25) is 14.9 Å². The third-order valence-corrected chi connectivity index (χ3v) is 5.03. The fraction of sp³-hybridized carbons (Fsp3) is 0.0952. The van der Waals surface area contributed by atoms with E-state index in [0.717, 1.165) is 27.9 Å². The number of carbonyl (C=O) groups is 2. The number of nitrogens with one attached hydrogen (secondary N) is 2. The Hall–Kier alpha value is -3.45. The van der Waals surface area contributed by atoms with Crippen molar-refractivity contribution in [2.24, 2.45) is 0 Å². The smallest absolute Gasteiger partial charge is 0.293 e. The predicted molar refractivity (Wildman–Crippen MR) is 111 cm³/mol. The molecule has 0 aliphatic carbocycles. The highest BCUT2D eigenvalue weighted by atomic mass is 32.1. The number of furan rings is 1. The van der Waals surface area contributed by atoms with Crippen LogP contribution in [0.2, 0.25) is 0 Å². The van der Waals surface area contributed by atoms with Gasteiger partial charge in [-0.15, -0.1) is 11.3 Å². The number of hydrogen-bond donors (Lipinski definition) is 2. The maximum atomic E-state index is 12.6. The topological polar surface area (TPSA) is 84.2 Å². The maximum Gasteiger partial charge on any atom is 0.293 e. The van der Waals surface area contributed by atoms with E-state index in [1.807, 2.05) is 60.8 Å². The highest BCUT2D eigenvalue weighted by Crippen LogP contribution is 2.28. The molecule has 28 heavy (non-hydrogen) atoms. The van der Waals surface area contributed by atoms with Crippen LogP contribution in [0.15, 0.2) is 58.3 Å². The second kappa shape index (κ2) is 7.28. The first-order valence-electron chi connectivity index (χ1n) is 8.64. The summed E-state index contributed by atoms with van der Waals surface area (Å²) in [6.07, 6.45) is 0. The van der Waals surface area contributed by atoms with Crippen molar-refractivity contribution in [3.05, 3.63) is 65.2 Å². The summed E-state index contributed by atoms with van der Waals surface area (Å²) in [6.45, 7) is 3.33. The van der Waals surface area contributed by atoms with Gasteiger partial charge in [0.15, 0.2) is 10.9 Å². The molecule has 0 radical (unpaired) electrons. The highest BCUT2D eigenvalue weighted by molar-refractivity contribution is 7.14. The first-order chi connectivity index (χ1) is 13.5. The van der Waals surface area contributed by atoms with Gasteiger partial charge in [0.25, 0.3) is 5.91 Å². The normalized spacial score (nSPS) is 10.8. The van der Waals surface area contributed by atoms with Gasteiger partial charge < -0.3 is 9.73 Å². The Morgan fingerprint density at radius 2 is 1.79 bits per heavy atom. The molecule has 2 amide bonds. The molecule has 4 rings (SSSR count).